The van der Waals surface area contributed by atoms with Gasteiger partial charge in [-0.05, 0) is 31.5 Å². The van der Waals surface area contributed by atoms with Gasteiger partial charge < -0.3 is 15.7 Å². The molecule has 1 unspecified atom stereocenters. The van der Waals surface area contributed by atoms with Gasteiger partial charge in [0, 0.05) is 15.7 Å². The second-order valence-electron chi connectivity index (χ2n) is 4.62. The second-order valence-corrected chi connectivity index (χ2v) is 5.50. The molecule has 0 radical (unpaired) electrons. The Labute approximate surface area is 127 Å². The van der Waals surface area contributed by atoms with Gasteiger partial charge in [-0.15, -0.1) is 0 Å². The molecule has 1 aromatic carbocycles. The van der Waals surface area contributed by atoms with Crippen molar-refractivity contribution in [2.45, 2.75) is 32.2 Å². The van der Waals surface area contributed by atoms with Crippen molar-refractivity contribution in [2.75, 3.05) is 5.32 Å². The molecule has 0 aromatic heterocycles. The highest BCUT2D eigenvalue weighted by atomic mass is 35.5. The number of carboxylic acid groups (broad SMARTS) is 1. The zero-order valence-corrected chi connectivity index (χ0v) is 12.7. The molecule has 3 N–H and O–H groups in total. The first kappa shape index (κ1) is 16.6. The lowest BCUT2D eigenvalue weighted by Gasteiger charge is -2.25. The number of amides is 2. The molecule has 0 saturated carbocycles. The summed E-state index contributed by atoms with van der Waals surface area (Å²) in [5.74, 6) is -1.08. The highest BCUT2D eigenvalue weighted by molar-refractivity contribution is 6.35. The van der Waals surface area contributed by atoms with Gasteiger partial charge in [0.15, 0.2) is 0 Å². The number of urea groups is 1. The first-order valence-electron chi connectivity index (χ1n) is 6.05. The normalized spacial score (nSPS) is 13.4. The fraction of sp³-hybridized carbons (Fsp3) is 0.385. The van der Waals surface area contributed by atoms with Crippen molar-refractivity contribution < 1.29 is 14.7 Å². The maximum absolute atomic E-state index is 11.9. The molecular formula is C13H16Cl2N2O3. The molecule has 5 nitrogen and oxygen atoms in total. The van der Waals surface area contributed by atoms with Crippen molar-refractivity contribution in [2.24, 2.45) is 0 Å². The average Bonchev–Trinajstić information content (AvgIpc) is 2.26. The summed E-state index contributed by atoms with van der Waals surface area (Å²) >= 11 is 11.6. The molecule has 0 bridgehead atoms. The first-order chi connectivity index (χ1) is 9.26. The number of carboxylic acids is 1. The van der Waals surface area contributed by atoms with E-state index in [-0.39, 0.29) is 0 Å². The van der Waals surface area contributed by atoms with Crippen LogP contribution in [-0.2, 0) is 4.79 Å². The van der Waals surface area contributed by atoms with Gasteiger partial charge in [-0.3, -0.25) is 0 Å². The molecule has 7 heteroatoms. The molecule has 0 fully saturated rings. The third-order valence-electron chi connectivity index (χ3n) is 2.73. The van der Waals surface area contributed by atoms with E-state index in [4.69, 9.17) is 23.2 Å². The van der Waals surface area contributed by atoms with E-state index in [1.807, 2.05) is 6.92 Å². The number of anilines is 1. The molecule has 1 atom stereocenters. The van der Waals surface area contributed by atoms with Gasteiger partial charge in [0.1, 0.15) is 5.54 Å². The average molecular weight is 319 g/mol. The highest BCUT2D eigenvalue weighted by Crippen LogP contribution is 2.22. The molecule has 0 spiro atoms. The number of aliphatic carboxylic acids is 1. The number of halogens is 2. The van der Waals surface area contributed by atoms with Crippen molar-refractivity contribution in [3.63, 3.8) is 0 Å². The zero-order chi connectivity index (χ0) is 15.3. The maximum Gasteiger partial charge on any atom is 0.329 e. The molecule has 0 saturated heterocycles. The van der Waals surface area contributed by atoms with Crippen LogP contribution in [0.1, 0.15) is 26.7 Å². The fourth-order valence-corrected chi connectivity index (χ4v) is 2.29. The summed E-state index contributed by atoms with van der Waals surface area (Å²) in [6.45, 7) is 3.31. The van der Waals surface area contributed by atoms with Crippen molar-refractivity contribution in [1.82, 2.24) is 5.32 Å². The van der Waals surface area contributed by atoms with Crippen molar-refractivity contribution in [1.29, 1.82) is 0 Å². The minimum atomic E-state index is -1.32. The molecule has 2 amide bonds. The van der Waals surface area contributed by atoms with Crippen LogP contribution >= 0.6 is 23.2 Å². The van der Waals surface area contributed by atoms with E-state index < -0.39 is 17.5 Å². The van der Waals surface area contributed by atoms with Crippen molar-refractivity contribution >= 4 is 40.9 Å². The predicted molar refractivity (Wildman–Crippen MR) is 79.6 cm³/mol. The van der Waals surface area contributed by atoms with Crippen LogP contribution in [0, 0.1) is 0 Å². The van der Waals surface area contributed by atoms with Crippen LogP contribution in [0.5, 0.6) is 0 Å². The van der Waals surface area contributed by atoms with Crippen LogP contribution in [0.15, 0.2) is 18.2 Å². The number of carbonyl (C=O) groups excluding carboxylic acids is 1. The maximum atomic E-state index is 11.9. The van der Waals surface area contributed by atoms with Crippen LogP contribution in [-0.4, -0.2) is 22.6 Å². The van der Waals surface area contributed by atoms with E-state index in [0.717, 1.165) is 0 Å². The largest absolute Gasteiger partial charge is 0.480 e. The third-order valence-corrected chi connectivity index (χ3v) is 3.17. The lowest BCUT2D eigenvalue weighted by molar-refractivity contribution is -0.143. The van der Waals surface area contributed by atoms with Gasteiger partial charge in [0.2, 0.25) is 0 Å². The number of hydrogen-bond donors (Lipinski definition) is 3. The quantitative estimate of drug-likeness (QED) is 0.773. The standard InChI is InChI=1S/C13H16Cl2N2O3/c1-3-4-13(2,11(18)19)17-12(20)16-10-6-8(14)5-9(15)7-10/h5-7H,3-4H2,1-2H3,(H,18,19)(H2,16,17,20). The zero-order valence-electron chi connectivity index (χ0n) is 11.2. The Bertz CT molecular complexity index is 502. The van der Waals surface area contributed by atoms with Gasteiger partial charge in [-0.2, -0.15) is 0 Å². The lowest BCUT2D eigenvalue weighted by atomic mass is 9.97. The molecule has 0 aliphatic heterocycles. The van der Waals surface area contributed by atoms with Crippen molar-refractivity contribution in [3.05, 3.63) is 28.2 Å². The Morgan fingerprint density at radius 2 is 1.80 bits per heavy atom. The van der Waals surface area contributed by atoms with E-state index in [1.165, 1.54) is 25.1 Å². The van der Waals surface area contributed by atoms with Crippen molar-refractivity contribution in [3.8, 4) is 0 Å². The van der Waals surface area contributed by atoms with Gasteiger partial charge in [0.05, 0.1) is 0 Å². The topological polar surface area (TPSA) is 78.4 Å². The molecule has 0 aliphatic rings. The smallest absolute Gasteiger partial charge is 0.329 e. The number of carbonyl (C=O) groups is 2. The van der Waals surface area contributed by atoms with Gasteiger partial charge in [-0.25, -0.2) is 9.59 Å². The number of benzene rings is 1. The summed E-state index contributed by atoms with van der Waals surface area (Å²) in [5.41, 5.74) is -0.925. The Balaban J connectivity index is 2.78. The Hall–Kier alpha value is -1.46. The van der Waals surface area contributed by atoms with Crippen LogP contribution in [0.4, 0.5) is 10.5 Å². The van der Waals surface area contributed by atoms with E-state index in [9.17, 15) is 14.7 Å². The molecule has 20 heavy (non-hydrogen) atoms. The Morgan fingerprint density at radius 3 is 2.25 bits per heavy atom. The fourth-order valence-electron chi connectivity index (χ4n) is 1.76. The minimum Gasteiger partial charge on any atom is -0.480 e. The Kier molecular flexibility index (Phi) is 5.65. The van der Waals surface area contributed by atoms with Gasteiger partial charge in [0.25, 0.3) is 0 Å². The van der Waals surface area contributed by atoms with E-state index >= 15 is 0 Å². The number of hydrogen-bond acceptors (Lipinski definition) is 2. The van der Waals surface area contributed by atoms with Gasteiger partial charge >= 0.3 is 12.0 Å². The van der Waals surface area contributed by atoms with Gasteiger partial charge in [-0.1, -0.05) is 36.5 Å². The first-order valence-corrected chi connectivity index (χ1v) is 6.81. The van der Waals surface area contributed by atoms with E-state index in [0.29, 0.717) is 28.6 Å². The van der Waals surface area contributed by atoms with Crippen LogP contribution in [0.2, 0.25) is 10.0 Å². The number of nitrogens with one attached hydrogen (secondary N) is 2. The summed E-state index contributed by atoms with van der Waals surface area (Å²) in [4.78, 5) is 23.1. The SMILES string of the molecule is CCCC(C)(NC(=O)Nc1cc(Cl)cc(Cl)c1)C(=O)O. The highest BCUT2D eigenvalue weighted by Gasteiger charge is 2.33. The van der Waals surface area contributed by atoms with Crippen LogP contribution < -0.4 is 10.6 Å². The summed E-state index contributed by atoms with van der Waals surface area (Å²) in [6, 6.07) is 3.95. The monoisotopic (exact) mass is 318 g/mol. The molecule has 0 aliphatic carbocycles. The summed E-state index contributed by atoms with van der Waals surface area (Å²) in [6.07, 6.45) is 0.956. The van der Waals surface area contributed by atoms with E-state index in [1.54, 1.807) is 0 Å². The van der Waals surface area contributed by atoms with Crippen LogP contribution in [0.25, 0.3) is 0 Å². The van der Waals surface area contributed by atoms with E-state index in [2.05, 4.69) is 10.6 Å². The summed E-state index contributed by atoms with van der Waals surface area (Å²) in [5, 5.41) is 14.9. The predicted octanol–water partition coefficient (Wildman–Crippen LogP) is 3.76. The summed E-state index contributed by atoms with van der Waals surface area (Å²) in [7, 11) is 0. The molecule has 0 heterocycles. The number of rotatable bonds is 5. The molecule has 1 aromatic rings. The summed E-state index contributed by atoms with van der Waals surface area (Å²) < 4.78 is 0. The molecule has 1 rings (SSSR count). The van der Waals surface area contributed by atoms with Crippen LogP contribution in [0.3, 0.4) is 0 Å². The Morgan fingerprint density at radius 1 is 1.25 bits per heavy atom. The second kappa shape index (κ2) is 6.81. The molecular weight excluding hydrogens is 303 g/mol. The molecule has 110 valence electrons. The third kappa shape index (κ3) is 4.58. The lowest BCUT2D eigenvalue weighted by Crippen LogP contribution is -2.53. The minimum absolute atomic E-state index is 0.325.